The summed E-state index contributed by atoms with van der Waals surface area (Å²) in [4.78, 5) is 46.0. The summed E-state index contributed by atoms with van der Waals surface area (Å²) in [5.74, 6) is -3.63. The molecule has 0 heterocycles. The van der Waals surface area contributed by atoms with Crippen LogP contribution >= 0.6 is 12.6 Å². The molecule has 0 aliphatic rings. The Morgan fingerprint density at radius 1 is 1.08 bits per heavy atom. The lowest BCUT2D eigenvalue weighted by Gasteiger charge is -2.21. The maximum atomic E-state index is 12.2. The highest BCUT2D eigenvalue weighted by atomic mass is 32.1. The molecule has 9 heteroatoms. The SMILES string of the molecule is NC(=O)[C@H](Cc1ccccc1)NC(=O)[C@H](CC(=O)O)NC(=O)CS. The molecule has 0 fully saturated rings. The van der Waals surface area contributed by atoms with E-state index in [9.17, 15) is 19.2 Å². The summed E-state index contributed by atoms with van der Waals surface area (Å²) in [5, 5.41) is 13.5. The summed E-state index contributed by atoms with van der Waals surface area (Å²) in [5.41, 5.74) is 6.07. The molecular weight excluding hydrogens is 334 g/mol. The Bertz CT molecular complexity index is 608. The minimum absolute atomic E-state index is 0.155. The lowest BCUT2D eigenvalue weighted by atomic mass is 10.0. The molecular formula is C15H19N3O5S. The number of carbonyl (C=O) groups excluding carboxylic acids is 3. The number of amides is 3. The van der Waals surface area contributed by atoms with Crippen LogP contribution < -0.4 is 16.4 Å². The maximum Gasteiger partial charge on any atom is 0.305 e. The van der Waals surface area contributed by atoms with Crippen LogP contribution in [0, 0.1) is 0 Å². The van der Waals surface area contributed by atoms with E-state index in [1.54, 1.807) is 30.3 Å². The van der Waals surface area contributed by atoms with Crippen LogP contribution in [-0.4, -0.2) is 46.6 Å². The predicted octanol–water partition coefficient (Wildman–Crippen LogP) is -0.911. The minimum Gasteiger partial charge on any atom is -0.481 e. The van der Waals surface area contributed by atoms with Gasteiger partial charge in [0.2, 0.25) is 17.7 Å². The van der Waals surface area contributed by atoms with Crippen molar-refractivity contribution in [3.63, 3.8) is 0 Å². The van der Waals surface area contributed by atoms with Gasteiger partial charge in [0.1, 0.15) is 12.1 Å². The molecule has 8 nitrogen and oxygen atoms in total. The Morgan fingerprint density at radius 2 is 1.71 bits per heavy atom. The fourth-order valence-electron chi connectivity index (χ4n) is 1.97. The van der Waals surface area contributed by atoms with E-state index < -0.39 is 42.2 Å². The summed E-state index contributed by atoms with van der Waals surface area (Å²) >= 11 is 3.75. The van der Waals surface area contributed by atoms with Crippen LogP contribution in [0.3, 0.4) is 0 Å². The van der Waals surface area contributed by atoms with E-state index in [4.69, 9.17) is 10.8 Å². The van der Waals surface area contributed by atoms with E-state index in [2.05, 4.69) is 23.3 Å². The molecule has 0 aliphatic heterocycles. The molecule has 5 N–H and O–H groups in total. The van der Waals surface area contributed by atoms with Gasteiger partial charge in [-0.05, 0) is 5.56 Å². The zero-order valence-corrected chi connectivity index (χ0v) is 13.7. The molecule has 0 bridgehead atoms. The summed E-state index contributed by atoms with van der Waals surface area (Å²) in [6.45, 7) is 0. The average Bonchev–Trinajstić information content (AvgIpc) is 2.53. The van der Waals surface area contributed by atoms with E-state index in [0.717, 1.165) is 5.56 Å². The monoisotopic (exact) mass is 353 g/mol. The quantitative estimate of drug-likeness (QED) is 0.366. The molecule has 1 aromatic rings. The van der Waals surface area contributed by atoms with Gasteiger partial charge in [0.25, 0.3) is 0 Å². The summed E-state index contributed by atoms with van der Waals surface area (Å²) < 4.78 is 0. The highest BCUT2D eigenvalue weighted by molar-refractivity contribution is 7.81. The van der Waals surface area contributed by atoms with Crippen LogP contribution in [0.5, 0.6) is 0 Å². The lowest BCUT2D eigenvalue weighted by Crippen LogP contribution is -2.54. The fraction of sp³-hybridized carbons (Fsp3) is 0.333. The molecule has 3 amide bonds. The van der Waals surface area contributed by atoms with Crippen LogP contribution in [0.2, 0.25) is 0 Å². The number of hydrogen-bond donors (Lipinski definition) is 5. The van der Waals surface area contributed by atoms with E-state index >= 15 is 0 Å². The minimum atomic E-state index is -1.32. The molecule has 1 rings (SSSR count). The Hall–Kier alpha value is -2.55. The Morgan fingerprint density at radius 3 is 2.21 bits per heavy atom. The van der Waals surface area contributed by atoms with Gasteiger partial charge in [-0.15, -0.1) is 0 Å². The highest BCUT2D eigenvalue weighted by Crippen LogP contribution is 2.04. The second-order valence-corrected chi connectivity index (χ2v) is 5.35. The molecule has 0 aromatic heterocycles. The van der Waals surface area contributed by atoms with Gasteiger partial charge in [0.05, 0.1) is 12.2 Å². The van der Waals surface area contributed by atoms with Gasteiger partial charge in [-0.3, -0.25) is 19.2 Å². The van der Waals surface area contributed by atoms with Crippen LogP contribution in [0.25, 0.3) is 0 Å². The largest absolute Gasteiger partial charge is 0.481 e. The number of rotatable bonds is 9. The number of hydrogen-bond acceptors (Lipinski definition) is 5. The number of benzene rings is 1. The zero-order valence-electron chi connectivity index (χ0n) is 12.8. The van der Waals surface area contributed by atoms with Crippen molar-refractivity contribution in [3.05, 3.63) is 35.9 Å². The molecule has 130 valence electrons. The number of carbonyl (C=O) groups is 4. The van der Waals surface area contributed by atoms with E-state index in [1.165, 1.54) is 0 Å². The number of thiol groups is 1. The Kier molecular flexibility index (Phi) is 7.76. The van der Waals surface area contributed by atoms with Gasteiger partial charge in [-0.25, -0.2) is 0 Å². The van der Waals surface area contributed by atoms with Gasteiger partial charge in [-0.1, -0.05) is 30.3 Å². The first-order valence-corrected chi connectivity index (χ1v) is 7.72. The van der Waals surface area contributed by atoms with Crippen molar-refractivity contribution in [2.24, 2.45) is 5.73 Å². The van der Waals surface area contributed by atoms with Gasteiger partial charge in [-0.2, -0.15) is 12.6 Å². The van der Waals surface area contributed by atoms with Crippen molar-refractivity contribution in [1.29, 1.82) is 0 Å². The van der Waals surface area contributed by atoms with E-state index in [1.807, 2.05) is 0 Å². The Balaban J connectivity index is 2.81. The van der Waals surface area contributed by atoms with Crippen LogP contribution in [0.1, 0.15) is 12.0 Å². The molecule has 0 aliphatic carbocycles. The van der Waals surface area contributed by atoms with E-state index in [-0.39, 0.29) is 12.2 Å². The van der Waals surface area contributed by atoms with Gasteiger partial charge >= 0.3 is 5.97 Å². The van der Waals surface area contributed by atoms with Crippen molar-refractivity contribution in [1.82, 2.24) is 10.6 Å². The lowest BCUT2D eigenvalue weighted by molar-refractivity contribution is -0.140. The van der Waals surface area contributed by atoms with Crippen molar-refractivity contribution in [2.75, 3.05) is 5.75 Å². The molecule has 2 atom stereocenters. The average molecular weight is 353 g/mol. The van der Waals surface area contributed by atoms with Gasteiger partial charge < -0.3 is 21.5 Å². The fourth-order valence-corrected chi connectivity index (χ4v) is 2.06. The first kappa shape index (κ1) is 19.5. The number of primary amides is 1. The number of nitrogens with one attached hydrogen (secondary N) is 2. The number of carboxylic acid groups (broad SMARTS) is 1. The van der Waals surface area contributed by atoms with Crippen molar-refractivity contribution >= 4 is 36.3 Å². The first-order valence-electron chi connectivity index (χ1n) is 7.09. The van der Waals surface area contributed by atoms with Crippen LogP contribution in [-0.2, 0) is 25.6 Å². The van der Waals surface area contributed by atoms with Crippen LogP contribution in [0.4, 0.5) is 0 Å². The third-order valence-electron chi connectivity index (χ3n) is 3.12. The Labute approximate surface area is 144 Å². The standard InChI is InChI=1S/C15H19N3O5S/c16-14(22)10(6-9-4-2-1-3-5-9)18-15(23)11(7-13(20)21)17-12(19)8-24/h1-5,10-11,24H,6-8H2,(H2,16,22)(H,17,19)(H,18,23)(H,20,21)/t10-,11-/m0/s1. The highest BCUT2D eigenvalue weighted by Gasteiger charge is 2.27. The molecule has 0 unspecified atom stereocenters. The maximum absolute atomic E-state index is 12.2. The van der Waals surface area contributed by atoms with Crippen molar-refractivity contribution < 1.29 is 24.3 Å². The summed E-state index contributed by atoms with van der Waals surface area (Å²) in [6.07, 6.45) is -0.468. The molecule has 0 saturated carbocycles. The normalized spacial score (nSPS) is 12.7. The van der Waals surface area contributed by atoms with Crippen molar-refractivity contribution in [3.8, 4) is 0 Å². The topological polar surface area (TPSA) is 139 Å². The first-order chi connectivity index (χ1) is 11.3. The van der Waals surface area contributed by atoms with Crippen molar-refractivity contribution in [2.45, 2.75) is 24.9 Å². The number of carboxylic acids is 1. The summed E-state index contributed by atoms with van der Waals surface area (Å²) in [6, 6.07) is 6.53. The second-order valence-electron chi connectivity index (χ2n) is 5.03. The summed E-state index contributed by atoms with van der Waals surface area (Å²) in [7, 11) is 0. The van der Waals surface area contributed by atoms with Crippen LogP contribution in [0.15, 0.2) is 30.3 Å². The van der Waals surface area contributed by atoms with E-state index in [0.29, 0.717) is 0 Å². The number of aliphatic carboxylic acids is 1. The second kappa shape index (κ2) is 9.56. The van der Waals surface area contributed by atoms with Gasteiger partial charge in [0, 0.05) is 6.42 Å². The molecule has 24 heavy (non-hydrogen) atoms. The molecule has 1 aromatic carbocycles. The third kappa shape index (κ3) is 6.69. The smallest absolute Gasteiger partial charge is 0.305 e. The number of nitrogens with two attached hydrogens (primary N) is 1. The van der Waals surface area contributed by atoms with Gasteiger partial charge in [0.15, 0.2) is 0 Å². The third-order valence-corrected chi connectivity index (χ3v) is 3.40. The predicted molar refractivity (Wildman–Crippen MR) is 89.3 cm³/mol. The molecule has 0 spiro atoms. The zero-order chi connectivity index (χ0) is 18.1. The molecule has 0 saturated heterocycles. The molecule has 0 radical (unpaired) electrons.